The summed E-state index contributed by atoms with van der Waals surface area (Å²) in [5.74, 6) is -1.84. The third-order valence-corrected chi connectivity index (χ3v) is 0.845. The third-order valence-electron chi connectivity index (χ3n) is 0.845. The van der Waals surface area contributed by atoms with Gasteiger partial charge in [0.1, 0.15) is 12.2 Å². The molecule has 60 valence electrons. The Bertz CT molecular complexity index is 120. The molecule has 0 rings (SSSR count). The quantitative estimate of drug-likeness (QED) is 0.281. The van der Waals surface area contributed by atoms with Crippen LogP contribution in [-0.2, 0) is 9.68 Å². The number of rotatable bonds is 4. The van der Waals surface area contributed by atoms with E-state index in [1.807, 2.05) is 0 Å². The predicted molar refractivity (Wildman–Crippen MR) is 23.0 cm³/mol. The van der Waals surface area contributed by atoms with Crippen molar-refractivity contribution in [3.8, 4) is 0 Å². The van der Waals surface area contributed by atoms with E-state index in [2.05, 4.69) is 4.89 Å². The van der Waals surface area contributed by atoms with Crippen molar-refractivity contribution in [2.75, 3.05) is 6.61 Å². The van der Waals surface area contributed by atoms with E-state index >= 15 is 0 Å². The molecule has 12 heavy (non-hydrogen) atoms. The standard InChI is InChI=1S/C4H8O6.2K/c5-2(1-10-9)3(6)4(7)8;;/h2-3,5-6,9H,1H2,(H,7,8);;/q;2*+1/p-2. The van der Waals surface area contributed by atoms with Crippen molar-refractivity contribution >= 4 is 5.97 Å². The van der Waals surface area contributed by atoms with E-state index in [0.717, 1.165) is 0 Å². The molecular formula is C4H6K2O6. The Balaban J connectivity index is -0.000000405. The van der Waals surface area contributed by atoms with Gasteiger partial charge in [-0.3, -0.25) is 0 Å². The Kier molecular flexibility index (Phi) is 19.5. The van der Waals surface area contributed by atoms with E-state index in [0.29, 0.717) is 0 Å². The van der Waals surface area contributed by atoms with Crippen LogP contribution < -0.4 is 113 Å². The van der Waals surface area contributed by atoms with Crippen LogP contribution in [0, 0.1) is 0 Å². The molecule has 0 aromatic rings. The molecule has 2 unspecified atom stereocenters. The molecule has 0 fully saturated rings. The van der Waals surface area contributed by atoms with E-state index in [9.17, 15) is 15.2 Å². The molecule has 0 saturated heterocycles. The van der Waals surface area contributed by atoms with E-state index in [4.69, 9.17) is 10.2 Å². The van der Waals surface area contributed by atoms with Gasteiger partial charge >= 0.3 is 103 Å². The number of carbonyl (C=O) groups excluding carboxylic acids is 1. The van der Waals surface area contributed by atoms with Gasteiger partial charge in [-0.1, -0.05) is 0 Å². The van der Waals surface area contributed by atoms with Crippen LogP contribution in [0.25, 0.3) is 0 Å². The molecule has 0 aliphatic heterocycles. The smallest absolute Gasteiger partial charge is 0.723 e. The van der Waals surface area contributed by atoms with E-state index in [1.165, 1.54) is 0 Å². The molecule has 2 N–H and O–H groups in total. The summed E-state index contributed by atoms with van der Waals surface area (Å²) in [6.07, 6.45) is -3.81. The molecule has 2 atom stereocenters. The normalized spacial score (nSPS) is 13.6. The zero-order chi connectivity index (χ0) is 8.15. The summed E-state index contributed by atoms with van der Waals surface area (Å²) in [4.78, 5) is 12.9. The molecule has 0 heterocycles. The molecule has 0 saturated carbocycles. The minimum absolute atomic E-state index is 0. The average Bonchev–Trinajstić information content (AvgIpc) is 1.87. The zero-order valence-corrected chi connectivity index (χ0v) is 13.1. The minimum atomic E-state index is -2.08. The molecule has 0 aliphatic rings. The molecule has 0 amide bonds. The summed E-state index contributed by atoms with van der Waals surface area (Å²) in [5, 5.41) is 35.9. The Morgan fingerprint density at radius 3 is 2.08 bits per heavy atom. The maximum absolute atomic E-state index is 9.74. The van der Waals surface area contributed by atoms with Crippen LogP contribution in [0.5, 0.6) is 0 Å². The second-order valence-corrected chi connectivity index (χ2v) is 1.62. The monoisotopic (exact) mass is 228 g/mol. The van der Waals surface area contributed by atoms with Crippen LogP contribution in [-0.4, -0.2) is 35.0 Å². The minimum Gasteiger partial charge on any atom is -0.723 e. The number of hydrogen-bond acceptors (Lipinski definition) is 6. The summed E-state index contributed by atoms with van der Waals surface area (Å²) in [6.45, 7) is -0.783. The van der Waals surface area contributed by atoms with Gasteiger partial charge in [0, 0.05) is 0 Å². The molecule has 0 aliphatic carbocycles. The first-order chi connectivity index (χ1) is 4.59. The third kappa shape index (κ3) is 9.15. The number of aliphatic hydroxyl groups is 2. The van der Waals surface area contributed by atoms with Crippen molar-refractivity contribution in [1.29, 1.82) is 0 Å². The van der Waals surface area contributed by atoms with Gasteiger partial charge in [0.15, 0.2) is 0 Å². The summed E-state index contributed by atoms with van der Waals surface area (Å²) in [5.41, 5.74) is 0. The van der Waals surface area contributed by atoms with Gasteiger partial charge < -0.3 is 30.3 Å². The van der Waals surface area contributed by atoms with Gasteiger partial charge in [-0.2, -0.15) is 0 Å². The van der Waals surface area contributed by atoms with Crippen molar-refractivity contribution in [1.82, 2.24) is 0 Å². The summed E-state index contributed by atoms with van der Waals surface area (Å²) < 4.78 is 0. The zero-order valence-electron chi connectivity index (χ0n) is 6.89. The number of aliphatic hydroxyl groups excluding tert-OH is 2. The first kappa shape index (κ1) is 20.1. The molecular weight excluding hydrogens is 222 g/mol. The van der Waals surface area contributed by atoms with E-state index in [1.54, 1.807) is 0 Å². The topological polar surface area (TPSA) is 113 Å². The van der Waals surface area contributed by atoms with Crippen molar-refractivity contribution in [3.05, 3.63) is 0 Å². The number of aliphatic carboxylic acids is 1. The van der Waals surface area contributed by atoms with Crippen molar-refractivity contribution < 1.29 is 133 Å². The van der Waals surface area contributed by atoms with Gasteiger partial charge in [0.2, 0.25) is 0 Å². The predicted octanol–water partition coefficient (Wildman–Crippen LogP) is -10.2. The maximum Gasteiger partial charge on any atom is 1.00 e. The molecule has 0 aromatic carbocycles. The van der Waals surface area contributed by atoms with Gasteiger partial charge in [-0.15, -0.1) is 0 Å². The van der Waals surface area contributed by atoms with E-state index < -0.39 is 24.8 Å². The molecule has 0 radical (unpaired) electrons. The SMILES string of the molecule is O=C([O-])C(O)C(O)CO[O-].[K+].[K+]. The van der Waals surface area contributed by atoms with Crippen LogP contribution in [0.3, 0.4) is 0 Å². The fraction of sp³-hybridized carbons (Fsp3) is 0.750. The van der Waals surface area contributed by atoms with Crippen molar-refractivity contribution in [3.63, 3.8) is 0 Å². The molecule has 0 bridgehead atoms. The Hall–Kier alpha value is 2.58. The second-order valence-electron chi connectivity index (χ2n) is 1.62. The van der Waals surface area contributed by atoms with Gasteiger partial charge in [-0.25, -0.2) is 0 Å². The van der Waals surface area contributed by atoms with E-state index in [-0.39, 0.29) is 103 Å². The average molecular weight is 228 g/mol. The van der Waals surface area contributed by atoms with Crippen LogP contribution in [0.1, 0.15) is 0 Å². The van der Waals surface area contributed by atoms with Gasteiger partial charge in [-0.05, 0) is 0 Å². The second kappa shape index (κ2) is 11.7. The number of hydrogen-bond donors (Lipinski definition) is 2. The summed E-state index contributed by atoms with van der Waals surface area (Å²) >= 11 is 0. The number of carboxylic acid groups (broad SMARTS) is 1. The van der Waals surface area contributed by atoms with Crippen LogP contribution in [0.2, 0.25) is 0 Å². The first-order valence-corrected chi connectivity index (χ1v) is 2.41. The fourth-order valence-electron chi connectivity index (χ4n) is 0.318. The van der Waals surface area contributed by atoms with Crippen LogP contribution in [0.4, 0.5) is 0 Å². The summed E-state index contributed by atoms with van der Waals surface area (Å²) in [6, 6.07) is 0. The van der Waals surface area contributed by atoms with Gasteiger partial charge in [0.25, 0.3) is 0 Å². The van der Waals surface area contributed by atoms with Gasteiger partial charge in [0.05, 0.1) is 12.6 Å². The van der Waals surface area contributed by atoms with Crippen LogP contribution in [0.15, 0.2) is 0 Å². The Morgan fingerprint density at radius 2 is 1.83 bits per heavy atom. The van der Waals surface area contributed by atoms with Crippen molar-refractivity contribution in [2.45, 2.75) is 12.2 Å². The van der Waals surface area contributed by atoms with Crippen molar-refractivity contribution in [2.24, 2.45) is 0 Å². The molecule has 0 aromatic heterocycles. The number of carbonyl (C=O) groups is 1. The number of carboxylic acids is 1. The fourth-order valence-corrected chi connectivity index (χ4v) is 0.318. The Labute approximate surface area is 154 Å². The summed E-state index contributed by atoms with van der Waals surface area (Å²) in [7, 11) is 0. The first-order valence-electron chi connectivity index (χ1n) is 2.41. The van der Waals surface area contributed by atoms with Crippen LogP contribution >= 0.6 is 0 Å². The maximum atomic E-state index is 9.74. The molecule has 6 nitrogen and oxygen atoms in total. The molecule has 0 spiro atoms. The Morgan fingerprint density at radius 1 is 1.42 bits per heavy atom. The molecule has 8 heteroatoms. The largest absolute Gasteiger partial charge is 1.00 e.